The number of nitrogens with zero attached hydrogens (tertiary/aromatic N) is 6. The first kappa shape index (κ1) is 24.7. The second kappa shape index (κ2) is 9.00. The predicted octanol–water partition coefficient (Wildman–Crippen LogP) is 4.12. The minimum Gasteiger partial charge on any atom is -0.494 e. The average Bonchev–Trinajstić information content (AvgIpc) is 3.38. The highest BCUT2D eigenvalue weighted by atomic mass is 35.5. The van der Waals surface area contributed by atoms with Gasteiger partial charge in [-0.2, -0.15) is 17.7 Å². The molecular formula is C22H22ClF3N6O3. The van der Waals surface area contributed by atoms with Gasteiger partial charge in [0.2, 0.25) is 11.2 Å². The largest absolute Gasteiger partial charge is 0.494 e. The van der Waals surface area contributed by atoms with Crippen molar-refractivity contribution < 1.29 is 27.8 Å². The van der Waals surface area contributed by atoms with Crippen LogP contribution in [0.3, 0.4) is 0 Å². The molecule has 4 rings (SSSR count). The zero-order valence-electron chi connectivity index (χ0n) is 19.2. The van der Waals surface area contributed by atoms with Crippen molar-refractivity contribution >= 4 is 17.2 Å². The maximum absolute atomic E-state index is 13.1. The molecule has 3 heterocycles. The van der Waals surface area contributed by atoms with E-state index in [-0.39, 0.29) is 23.2 Å². The second-order valence-electron chi connectivity index (χ2n) is 8.35. The molecule has 0 bridgehead atoms. The van der Waals surface area contributed by atoms with Crippen molar-refractivity contribution in [3.63, 3.8) is 0 Å². The summed E-state index contributed by atoms with van der Waals surface area (Å²) in [4.78, 5) is 8.38. The fraction of sp³-hybridized carbons (Fsp3) is 0.364. The van der Waals surface area contributed by atoms with Gasteiger partial charge in [-0.3, -0.25) is 0 Å². The first-order chi connectivity index (χ1) is 16.4. The van der Waals surface area contributed by atoms with E-state index in [0.717, 1.165) is 12.5 Å². The summed E-state index contributed by atoms with van der Waals surface area (Å²) in [5.74, 6) is 0.658. The third kappa shape index (κ3) is 5.17. The number of benzene rings is 1. The van der Waals surface area contributed by atoms with Crippen molar-refractivity contribution in [1.29, 1.82) is 0 Å². The normalized spacial score (nSPS) is 13.3. The molecule has 1 aromatic carbocycles. The number of alkyl halides is 3. The van der Waals surface area contributed by atoms with Crippen LogP contribution in [-0.4, -0.2) is 53.9 Å². The zero-order chi connectivity index (χ0) is 25.5. The van der Waals surface area contributed by atoms with Gasteiger partial charge in [-0.05, 0) is 56.1 Å². The number of aliphatic hydroxyl groups is 1. The van der Waals surface area contributed by atoms with Gasteiger partial charge in [0.05, 0.1) is 12.7 Å². The van der Waals surface area contributed by atoms with E-state index in [1.807, 2.05) is 0 Å². The molecule has 0 spiro atoms. The molecule has 0 radical (unpaired) electrons. The summed E-state index contributed by atoms with van der Waals surface area (Å²) in [5.41, 5.74) is 0.645. The third-order valence-corrected chi connectivity index (χ3v) is 5.40. The summed E-state index contributed by atoms with van der Waals surface area (Å²) in [6.45, 7) is 4.01. The van der Waals surface area contributed by atoms with E-state index in [2.05, 4.69) is 20.2 Å². The Bertz CT molecular complexity index is 1360. The van der Waals surface area contributed by atoms with E-state index in [1.54, 1.807) is 32.0 Å². The van der Waals surface area contributed by atoms with Crippen LogP contribution in [0.4, 0.5) is 13.2 Å². The molecule has 186 valence electrons. The lowest BCUT2D eigenvalue weighted by atomic mass is 10.00. The Labute approximate surface area is 203 Å². The van der Waals surface area contributed by atoms with Gasteiger partial charge in [-0.25, -0.2) is 14.6 Å². The molecule has 0 fully saturated rings. The molecular weight excluding hydrogens is 489 g/mol. The summed E-state index contributed by atoms with van der Waals surface area (Å²) >= 11 is 5.80. The molecule has 0 saturated heterocycles. The van der Waals surface area contributed by atoms with Crippen LogP contribution in [0, 0.1) is 0 Å². The number of ether oxygens (including phenoxy) is 2. The SMILES string of the molecule is COc1cc(Cc2nc3c(C(C)(C)O)ccc(O[C@@H](C)C(F)(F)F)n3n2)ccc1-n1cnc(Cl)n1. The molecule has 1 N–H and O–H groups in total. The molecule has 35 heavy (non-hydrogen) atoms. The summed E-state index contributed by atoms with van der Waals surface area (Å²) in [5, 5.41) is 19.1. The number of hydrogen-bond donors (Lipinski definition) is 1. The Hall–Kier alpha value is -3.38. The Balaban J connectivity index is 1.72. The summed E-state index contributed by atoms with van der Waals surface area (Å²) in [6, 6.07) is 8.14. The first-order valence-electron chi connectivity index (χ1n) is 10.5. The van der Waals surface area contributed by atoms with Gasteiger partial charge in [-0.1, -0.05) is 6.07 Å². The van der Waals surface area contributed by atoms with E-state index in [4.69, 9.17) is 21.1 Å². The molecule has 0 aliphatic carbocycles. The van der Waals surface area contributed by atoms with Gasteiger partial charge in [-0.15, -0.1) is 10.2 Å². The molecule has 4 aromatic rings. The Kier molecular flexibility index (Phi) is 6.36. The Morgan fingerprint density at radius 1 is 1.14 bits per heavy atom. The minimum absolute atomic E-state index is 0.0884. The second-order valence-corrected chi connectivity index (χ2v) is 8.69. The number of hydrogen-bond acceptors (Lipinski definition) is 7. The van der Waals surface area contributed by atoms with Crippen LogP contribution in [0.15, 0.2) is 36.7 Å². The van der Waals surface area contributed by atoms with E-state index in [1.165, 1.54) is 34.8 Å². The van der Waals surface area contributed by atoms with Gasteiger partial charge in [0.15, 0.2) is 17.6 Å². The van der Waals surface area contributed by atoms with Crippen LogP contribution >= 0.6 is 11.6 Å². The first-order valence-corrected chi connectivity index (χ1v) is 10.8. The van der Waals surface area contributed by atoms with Crippen LogP contribution in [0.1, 0.15) is 37.7 Å². The minimum atomic E-state index is -4.56. The summed E-state index contributed by atoms with van der Waals surface area (Å²) in [7, 11) is 1.51. The molecule has 3 aromatic heterocycles. The Morgan fingerprint density at radius 3 is 2.49 bits per heavy atom. The van der Waals surface area contributed by atoms with Crippen LogP contribution < -0.4 is 9.47 Å². The van der Waals surface area contributed by atoms with Crippen molar-refractivity contribution in [2.75, 3.05) is 7.11 Å². The van der Waals surface area contributed by atoms with E-state index >= 15 is 0 Å². The number of methoxy groups -OCH3 is 1. The maximum atomic E-state index is 13.1. The summed E-state index contributed by atoms with van der Waals surface area (Å²) < 4.78 is 52.5. The predicted molar refractivity (Wildman–Crippen MR) is 120 cm³/mol. The van der Waals surface area contributed by atoms with Crippen molar-refractivity contribution in [1.82, 2.24) is 29.4 Å². The smallest absolute Gasteiger partial charge is 0.425 e. The number of halogens is 4. The number of aromatic nitrogens is 6. The molecule has 0 saturated carbocycles. The van der Waals surface area contributed by atoms with Crippen molar-refractivity contribution in [2.24, 2.45) is 0 Å². The lowest BCUT2D eigenvalue weighted by molar-refractivity contribution is -0.190. The molecule has 0 aliphatic rings. The van der Waals surface area contributed by atoms with Gasteiger partial charge >= 0.3 is 6.18 Å². The monoisotopic (exact) mass is 510 g/mol. The molecule has 0 aliphatic heterocycles. The molecule has 0 amide bonds. The van der Waals surface area contributed by atoms with Crippen LogP contribution in [0.2, 0.25) is 5.28 Å². The molecule has 0 unspecified atom stereocenters. The average molecular weight is 511 g/mol. The van der Waals surface area contributed by atoms with Crippen LogP contribution in [-0.2, 0) is 12.0 Å². The van der Waals surface area contributed by atoms with Gasteiger partial charge < -0.3 is 14.6 Å². The van der Waals surface area contributed by atoms with Gasteiger partial charge in [0.1, 0.15) is 17.8 Å². The number of pyridine rings is 1. The van der Waals surface area contributed by atoms with Gasteiger partial charge in [0, 0.05) is 18.1 Å². The maximum Gasteiger partial charge on any atom is 0.425 e. The molecule has 9 nitrogen and oxygen atoms in total. The fourth-order valence-electron chi connectivity index (χ4n) is 3.43. The van der Waals surface area contributed by atoms with Crippen LogP contribution in [0.5, 0.6) is 11.6 Å². The lowest BCUT2D eigenvalue weighted by Gasteiger charge is -2.21. The van der Waals surface area contributed by atoms with Crippen LogP contribution in [0.25, 0.3) is 11.3 Å². The van der Waals surface area contributed by atoms with Crippen molar-refractivity contribution in [3.05, 3.63) is 58.9 Å². The lowest BCUT2D eigenvalue weighted by Crippen LogP contribution is -2.32. The number of fused-ring (bicyclic) bond motifs is 1. The fourth-order valence-corrected chi connectivity index (χ4v) is 3.56. The van der Waals surface area contributed by atoms with Crippen molar-refractivity contribution in [2.45, 2.75) is 45.1 Å². The highest BCUT2D eigenvalue weighted by Gasteiger charge is 2.38. The third-order valence-electron chi connectivity index (χ3n) is 5.23. The standard InChI is InChI=1S/C22H22ClF3N6O3/c1-12(22(24,25)26)35-18-8-6-14(21(2,3)33)19-28-17(29-32(18)19)10-13-5-7-15(16(9-13)34-4)31-11-27-20(23)30-31/h5-9,11-12,33H,10H2,1-4H3/t12-/m0/s1. The summed E-state index contributed by atoms with van der Waals surface area (Å²) in [6.07, 6.45) is -4.94. The quantitative estimate of drug-likeness (QED) is 0.399. The highest BCUT2D eigenvalue weighted by molar-refractivity contribution is 6.28. The van der Waals surface area contributed by atoms with E-state index < -0.39 is 17.9 Å². The number of rotatable bonds is 7. The Morgan fingerprint density at radius 2 is 1.89 bits per heavy atom. The molecule has 13 heteroatoms. The topological polar surface area (TPSA) is 99.6 Å². The van der Waals surface area contributed by atoms with E-state index in [9.17, 15) is 18.3 Å². The van der Waals surface area contributed by atoms with Gasteiger partial charge in [0.25, 0.3) is 0 Å². The van der Waals surface area contributed by atoms with Crippen molar-refractivity contribution in [3.8, 4) is 17.3 Å². The molecule has 1 atom stereocenters. The highest BCUT2D eigenvalue weighted by Crippen LogP contribution is 2.31. The zero-order valence-corrected chi connectivity index (χ0v) is 20.0. The van der Waals surface area contributed by atoms with E-state index in [0.29, 0.717) is 22.8 Å².